The maximum absolute atomic E-state index is 9.30. The Morgan fingerprint density at radius 3 is 2.35 bits per heavy atom. The molecule has 3 nitrogen and oxygen atoms in total. The van der Waals surface area contributed by atoms with Crippen LogP contribution in [0.3, 0.4) is 0 Å². The molecule has 0 fully saturated rings. The maximum Gasteiger partial charge on any atom is 0.140 e. The minimum absolute atomic E-state index is 0.410. The molecule has 0 saturated carbocycles. The van der Waals surface area contributed by atoms with Crippen LogP contribution >= 0.6 is 11.6 Å². The van der Waals surface area contributed by atoms with Gasteiger partial charge >= 0.3 is 0 Å². The lowest BCUT2D eigenvalue weighted by Gasteiger charge is -2.14. The molecular formula is C16H15ClN2O. The van der Waals surface area contributed by atoms with E-state index in [1.54, 1.807) is 12.1 Å². The summed E-state index contributed by atoms with van der Waals surface area (Å²) < 4.78 is 5.39. The Hall–Kier alpha value is -2.18. The highest BCUT2D eigenvalue weighted by Crippen LogP contribution is 2.22. The van der Waals surface area contributed by atoms with Crippen LogP contribution in [0.15, 0.2) is 48.5 Å². The fourth-order valence-corrected chi connectivity index (χ4v) is 1.95. The smallest absolute Gasteiger partial charge is 0.140 e. The van der Waals surface area contributed by atoms with Crippen molar-refractivity contribution in [2.45, 2.75) is 13.0 Å². The van der Waals surface area contributed by atoms with Gasteiger partial charge in [-0.15, -0.1) is 0 Å². The molecule has 0 spiro atoms. The molecular weight excluding hydrogens is 272 g/mol. The van der Waals surface area contributed by atoms with Gasteiger partial charge < -0.3 is 10.1 Å². The van der Waals surface area contributed by atoms with Crippen molar-refractivity contribution in [3.8, 4) is 11.8 Å². The fraction of sp³-hybridized carbons (Fsp3) is 0.188. The highest BCUT2D eigenvalue weighted by atomic mass is 35.5. The highest BCUT2D eigenvalue weighted by molar-refractivity contribution is 6.30. The summed E-state index contributed by atoms with van der Waals surface area (Å²) in [6.45, 7) is 2.57. The quantitative estimate of drug-likeness (QED) is 0.885. The van der Waals surface area contributed by atoms with Gasteiger partial charge in [-0.1, -0.05) is 23.7 Å². The van der Waals surface area contributed by atoms with Crippen molar-refractivity contribution in [2.75, 3.05) is 11.9 Å². The second-order valence-corrected chi connectivity index (χ2v) is 4.65. The molecule has 0 amide bonds. The molecule has 0 aliphatic carbocycles. The number of anilines is 1. The van der Waals surface area contributed by atoms with E-state index >= 15 is 0 Å². The van der Waals surface area contributed by atoms with Crippen LogP contribution in [-0.4, -0.2) is 6.61 Å². The first-order valence-corrected chi connectivity index (χ1v) is 6.75. The molecule has 102 valence electrons. The lowest BCUT2D eigenvalue weighted by Crippen LogP contribution is -2.08. The highest BCUT2D eigenvalue weighted by Gasteiger charge is 2.10. The largest absolute Gasteiger partial charge is 0.494 e. The van der Waals surface area contributed by atoms with Gasteiger partial charge in [-0.25, -0.2) is 0 Å². The van der Waals surface area contributed by atoms with E-state index in [9.17, 15) is 5.26 Å². The van der Waals surface area contributed by atoms with Gasteiger partial charge in [-0.2, -0.15) is 5.26 Å². The number of halogens is 1. The van der Waals surface area contributed by atoms with Crippen molar-refractivity contribution >= 4 is 17.3 Å². The van der Waals surface area contributed by atoms with Gasteiger partial charge in [-0.05, 0) is 48.9 Å². The lowest BCUT2D eigenvalue weighted by atomic mass is 10.1. The summed E-state index contributed by atoms with van der Waals surface area (Å²) in [5, 5.41) is 13.1. The van der Waals surface area contributed by atoms with E-state index in [2.05, 4.69) is 11.4 Å². The summed E-state index contributed by atoms with van der Waals surface area (Å²) in [6.07, 6.45) is 0. The predicted molar refractivity (Wildman–Crippen MR) is 81.0 cm³/mol. The summed E-state index contributed by atoms with van der Waals surface area (Å²) in [7, 11) is 0. The van der Waals surface area contributed by atoms with Gasteiger partial charge in [0.15, 0.2) is 0 Å². The maximum atomic E-state index is 9.30. The normalized spacial score (nSPS) is 11.4. The summed E-state index contributed by atoms with van der Waals surface area (Å²) in [6, 6.07) is 16.6. The molecule has 2 rings (SSSR count). The van der Waals surface area contributed by atoms with Crippen LogP contribution < -0.4 is 10.1 Å². The number of nitrogens with zero attached hydrogens (tertiary/aromatic N) is 1. The van der Waals surface area contributed by atoms with E-state index < -0.39 is 6.04 Å². The van der Waals surface area contributed by atoms with E-state index in [1.165, 1.54) is 0 Å². The van der Waals surface area contributed by atoms with E-state index in [0.717, 1.165) is 17.0 Å². The summed E-state index contributed by atoms with van der Waals surface area (Å²) in [5.41, 5.74) is 1.75. The molecule has 4 heteroatoms. The SMILES string of the molecule is CCOc1ccc(C(C#N)Nc2ccc(Cl)cc2)cc1. The van der Waals surface area contributed by atoms with Gasteiger partial charge in [0.25, 0.3) is 0 Å². The standard InChI is InChI=1S/C16H15ClN2O/c1-2-20-15-9-3-12(4-10-15)16(11-18)19-14-7-5-13(17)6-8-14/h3-10,16,19H,2H2,1H3. The molecule has 0 aromatic heterocycles. The van der Waals surface area contributed by atoms with Gasteiger partial charge in [-0.3, -0.25) is 0 Å². The first-order chi connectivity index (χ1) is 9.72. The molecule has 0 aliphatic rings. The molecule has 1 unspecified atom stereocenters. The second kappa shape index (κ2) is 6.83. The molecule has 0 radical (unpaired) electrons. The minimum atomic E-state index is -0.410. The monoisotopic (exact) mass is 286 g/mol. The number of ether oxygens (including phenoxy) is 1. The van der Waals surface area contributed by atoms with Gasteiger partial charge in [0.2, 0.25) is 0 Å². The average molecular weight is 287 g/mol. The van der Waals surface area contributed by atoms with Crippen molar-refractivity contribution < 1.29 is 4.74 Å². The van der Waals surface area contributed by atoms with Crippen molar-refractivity contribution in [1.82, 2.24) is 0 Å². The summed E-state index contributed by atoms with van der Waals surface area (Å²) in [4.78, 5) is 0. The zero-order valence-electron chi connectivity index (χ0n) is 11.1. The summed E-state index contributed by atoms with van der Waals surface area (Å²) >= 11 is 5.84. The molecule has 2 aromatic rings. The Balaban J connectivity index is 2.11. The van der Waals surface area contributed by atoms with Crippen LogP contribution in [0.4, 0.5) is 5.69 Å². The number of benzene rings is 2. The number of hydrogen-bond acceptors (Lipinski definition) is 3. The number of hydrogen-bond donors (Lipinski definition) is 1. The summed E-state index contributed by atoms with van der Waals surface area (Å²) in [5.74, 6) is 0.805. The molecule has 2 aromatic carbocycles. The molecule has 0 saturated heterocycles. The van der Waals surface area contributed by atoms with Gasteiger partial charge in [0.05, 0.1) is 12.7 Å². The van der Waals surface area contributed by atoms with Crippen molar-refractivity contribution in [1.29, 1.82) is 5.26 Å². The molecule has 0 heterocycles. The van der Waals surface area contributed by atoms with Crippen LogP contribution in [-0.2, 0) is 0 Å². The van der Waals surface area contributed by atoms with E-state index in [4.69, 9.17) is 16.3 Å². The third-order valence-electron chi connectivity index (χ3n) is 2.81. The second-order valence-electron chi connectivity index (χ2n) is 4.22. The Bertz CT molecular complexity index is 587. The van der Waals surface area contributed by atoms with Crippen LogP contribution in [0.1, 0.15) is 18.5 Å². The average Bonchev–Trinajstić information content (AvgIpc) is 2.48. The van der Waals surface area contributed by atoms with E-state index in [1.807, 2.05) is 43.3 Å². The van der Waals surface area contributed by atoms with E-state index in [0.29, 0.717) is 11.6 Å². The Morgan fingerprint density at radius 1 is 1.15 bits per heavy atom. The van der Waals surface area contributed by atoms with Crippen molar-refractivity contribution in [3.63, 3.8) is 0 Å². The Kier molecular flexibility index (Phi) is 4.86. The lowest BCUT2D eigenvalue weighted by molar-refractivity contribution is 0.340. The fourth-order valence-electron chi connectivity index (χ4n) is 1.83. The number of nitriles is 1. The van der Waals surface area contributed by atoms with Gasteiger partial charge in [0, 0.05) is 10.7 Å². The number of rotatable bonds is 5. The third-order valence-corrected chi connectivity index (χ3v) is 3.06. The van der Waals surface area contributed by atoms with Gasteiger partial charge in [0.1, 0.15) is 11.8 Å². The van der Waals surface area contributed by atoms with Crippen LogP contribution in [0.25, 0.3) is 0 Å². The topological polar surface area (TPSA) is 45.0 Å². The van der Waals surface area contributed by atoms with Crippen LogP contribution in [0, 0.1) is 11.3 Å². The molecule has 1 N–H and O–H groups in total. The molecule has 1 atom stereocenters. The van der Waals surface area contributed by atoms with Crippen molar-refractivity contribution in [3.05, 3.63) is 59.1 Å². The van der Waals surface area contributed by atoms with Crippen molar-refractivity contribution in [2.24, 2.45) is 0 Å². The Morgan fingerprint density at radius 2 is 1.80 bits per heavy atom. The first-order valence-electron chi connectivity index (χ1n) is 6.37. The van der Waals surface area contributed by atoms with Crippen LogP contribution in [0.2, 0.25) is 5.02 Å². The number of nitrogens with one attached hydrogen (secondary N) is 1. The Labute approximate surface area is 123 Å². The molecule has 0 aliphatic heterocycles. The van der Waals surface area contributed by atoms with E-state index in [-0.39, 0.29) is 0 Å². The predicted octanol–water partition coefficient (Wildman–Crippen LogP) is 4.42. The zero-order chi connectivity index (χ0) is 14.4. The molecule has 20 heavy (non-hydrogen) atoms. The molecule has 0 bridgehead atoms. The first kappa shape index (κ1) is 14.2. The zero-order valence-corrected chi connectivity index (χ0v) is 11.9. The third kappa shape index (κ3) is 3.66. The van der Waals surface area contributed by atoms with Crippen LogP contribution in [0.5, 0.6) is 5.75 Å². The minimum Gasteiger partial charge on any atom is -0.494 e.